The summed E-state index contributed by atoms with van der Waals surface area (Å²) in [6.07, 6.45) is 3.07. The monoisotopic (exact) mass is 352 g/mol. The number of ketones is 1. The van der Waals surface area contributed by atoms with Gasteiger partial charge in [0.1, 0.15) is 5.82 Å². The average Bonchev–Trinajstić information content (AvgIpc) is 2.36. The van der Waals surface area contributed by atoms with Gasteiger partial charge in [0.2, 0.25) is 0 Å². The van der Waals surface area contributed by atoms with Crippen LogP contribution < -0.4 is 0 Å². The summed E-state index contributed by atoms with van der Waals surface area (Å²) >= 11 is 2.16. The van der Waals surface area contributed by atoms with Crippen LogP contribution in [0.4, 0.5) is 4.39 Å². The van der Waals surface area contributed by atoms with Gasteiger partial charge in [0.15, 0.2) is 5.78 Å². The van der Waals surface area contributed by atoms with Gasteiger partial charge in [-0.15, -0.1) is 0 Å². The summed E-state index contributed by atoms with van der Waals surface area (Å²) in [5.41, 5.74) is 1.31. The average molecular weight is 352 g/mol. The van der Waals surface area contributed by atoms with Crippen molar-refractivity contribution in [3.05, 3.63) is 75.1 Å². The van der Waals surface area contributed by atoms with E-state index in [4.69, 9.17) is 0 Å². The van der Waals surface area contributed by atoms with Crippen LogP contribution >= 0.6 is 22.6 Å². The van der Waals surface area contributed by atoms with E-state index in [0.717, 1.165) is 3.57 Å². The lowest BCUT2D eigenvalue weighted by Gasteiger charge is -1.97. The van der Waals surface area contributed by atoms with E-state index in [1.54, 1.807) is 24.3 Å². The van der Waals surface area contributed by atoms with Crippen molar-refractivity contribution in [3.63, 3.8) is 0 Å². The molecule has 0 amide bonds. The van der Waals surface area contributed by atoms with Crippen molar-refractivity contribution in [3.8, 4) is 0 Å². The number of carbonyl (C=O) groups excluding carboxylic acids is 1. The number of halogens is 2. The zero-order valence-corrected chi connectivity index (χ0v) is 11.6. The lowest BCUT2D eigenvalue weighted by atomic mass is 10.1. The predicted molar refractivity (Wildman–Crippen MR) is 78.9 cm³/mol. The van der Waals surface area contributed by atoms with E-state index in [0.29, 0.717) is 11.1 Å². The van der Waals surface area contributed by atoms with Gasteiger partial charge in [0.05, 0.1) is 0 Å². The van der Waals surface area contributed by atoms with Crippen molar-refractivity contribution >= 4 is 34.5 Å². The molecule has 2 aromatic rings. The minimum Gasteiger partial charge on any atom is -0.289 e. The summed E-state index contributed by atoms with van der Waals surface area (Å²) in [7, 11) is 0. The van der Waals surface area contributed by atoms with E-state index in [1.807, 2.05) is 18.2 Å². The fraction of sp³-hybridized carbons (Fsp3) is 0. The van der Waals surface area contributed by atoms with Crippen LogP contribution in [0.3, 0.4) is 0 Å². The number of hydrogen-bond acceptors (Lipinski definition) is 1. The molecule has 90 valence electrons. The molecule has 18 heavy (non-hydrogen) atoms. The first kappa shape index (κ1) is 13.0. The highest BCUT2D eigenvalue weighted by Gasteiger charge is 2.01. The van der Waals surface area contributed by atoms with Crippen LogP contribution in [0.5, 0.6) is 0 Å². The first-order valence-corrected chi connectivity index (χ1v) is 6.46. The zero-order valence-electron chi connectivity index (χ0n) is 9.44. The number of rotatable bonds is 3. The SMILES string of the molecule is O=C(/C=C/c1cccc(F)c1)c1cccc(I)c1. The van der Waals surface area contributed by atoms with E-state index in [9.17, 15) is 9.18 Å². The Kier molecular flexibility index (Phi) is 4.25. The lowest BCUT2D eigenvalue weighted by Crippen LogP contribution is -1.94. The van der Waals surface area contributed by atoms with E-state index in [2.05, 4.69) is 22.6 Å². The topological polar surface area (TPSA) is 17.1 Å². The Morgan fingerprint density at radius 1 is 1.11 bits per heavy atom. The van der Waals surface area contributed by atoms with Crippen LogP contribution in [0.25, 0.3) is 6.08 Å². The van der Waals surface area contributed by atoms with Crippen molar-refractivity contribution in [2.24, 2.45) is 0 Å². The fourth-order valence-electron chi connectivity index (χ4n) is 1.52. The van der Waals surface area contributed by atoms with E-state index >= 15 is 0 Å². The highest BCUT2D eigenvalue weighted by atomic mass is 127. The fourth-order valence-corrected chi connectivity index (χ4v) is 2.06. The van der Waals surface area contributed by atoms with Crippen LogP contribution in [-0.2, 0) is 0 Å². The molecule has 0 N–H and O–H groups in total. The molecule has 0 heterocycles. The highest BCUT2D eigenvalue weighted by molar-refractivity contribution is 14.1. The van der Waals surface area contributed by atoms with E-state index in [1.165, 1.54) is 18.2 Å². The molecule has 0 bridgehead atoms. The minimum atomic E-state index is -0.307. The van der Waals surface area contributed by atoms with Gasteiger partial charge < -0.3 is 0 Å². The molecule has 0 aliphatic heterocycles. The van der Waals surface area contributed by atoms with Crippen molar-refractivity contribution in [2.75, 3.05) is 0 Å². The maximum Gasteiger partial charge on any atom is 0.185 e. The summed E-state index contributed by atoms with van der Waals surface area (Å²) in [6.45, 7) is 0. The van der Waals surface area contributed by atoms with Gasteiger partial charge in [-0.1, -0.05) is 30.3 Å². The van der Waals surface area contributed by atoms with Crippen molar-refractivity contribution in [1.29, 1.82) is 0 Å². The standard InChI is InChI=1S/C15H10FIO/c16-13-5-1-3-11(9-13)7-8-15(18)12-4-2-6-14(17)10-12/h1-10H/b8-7+. The molecule has 0 fully saturated rings. The number of hydrogen-bond donors (Lipinski definition) is 0. The van der Waals surface area contributed by atoms with Crippen LogP contribution in [0, 0.1) is 9.39 Å². The van der Waals surface area contributed by atoms with Crippen LogP contribution in [0.1, 0.15) is 15.9 Å². The second-order valence-electron chi connectivity index (χ2n) is 3.76. The summed E-state index contributed by atoms with van der Waals surface area (Å²) < 4.78 is 14.0. The largest absolute Gasteiger partial charge is 0.289 e. The van der Waals surface area contributed by atoms with Crippen LogP contribution in [0.15, 0.2) is 54.6 Å². The van der Waals surface area contributed by atoms with Gasteiger partial charge in [-0.05, 0) is 58.5 Å². The van der Waals surface area contributed by atoms with Gasteiger partial charge in [-0.2, -0.15) is 0 Å². The Hall–Kier alpha value is -1.49. The Balaban J connectivity index is 2.17. The minimum absolute atomic E-state index is 0.0854. The molecular formula is C15H10FIO. The second-order valence-corrected chi connectivity index (χ2v) is 5.01. The summed E-state index contributed by atoms with van der Waals surface area (Å²) in [5, 5.41) is 0. The molecule has 0 atom stereocenters. The first-order valence-electron chi connectivity index (χ1n) is 5.39. The summed E-state index contributed by atoms with van der Waals surface area (Å²) in [4.78, 5) is 11.9. The molecule has 0 saturated heterocycles. The molecule has 2 aromatic carbocycles. The molecule has 0 aliphatic rings. The maximum absolute atomic E-state index is 12.9. The normalized spacial score (nSPS) is 10.8. The maximum atomic E-state index is 12.9. The van der Waals surface area contributed by atoms with Gasteiger partial charge in [0, 0.05) is 9.13 Å². The molecule has 0 spiro atoms. The lowest BCUT2D eigenvalue weighted by molar-refractivity contribution is 0.104. The molecule has 3 heteroatoms. The number of carbonyl (C=O) groups is 1. The molecule has 0 saturated carbocycles. The predicted octanol–water partition coefficient (Wildman–Crippen LogP) is 4.33. The van der Waals surface area contributed by atoms with Gasteiger partial charge >= 0.3 is 0 Å². The first-order chi connectivity index (χ1) is 8.65. The third-order valence-electron chi connectivity index (χ3n) is 2.38. The summed E-state index contributed by atoms with van der Waals surface area (Å²) in [5.74, 6) is -0.392. The Morgan fingerprint density at radius 2 is 1.89 bits per heavy atom. The third kappa shape index (κ3) is 3.50. The van der Waals surface area contributed by atoms with Gasteiger partial charge in [-0.3, -0.25) is 4.79 Å². The number of allylic oxidation sites excluding steroid dienone is 1. The second kappa shape index (κ2) is 5.91. The smallest absolute Gasteiger partial charge is 0.185 e. The molecule has 0 radical (unpaired) electrons. The van der Waals surface area contributed by atoms with Crippen molar-refractivity contribution in [1.82, 2.24) is 0 Å². The zero-order chi connectivity index (χ0) is 13.0. The van der Waals surface area contributed by atoms with Crippen molar-refractivity contribution < 1.29 is 9.18 Å². The molecule has 1 nitrogen and oxygen atoms in total. The van der Waals surface area contributed by atoms with E-state index < -0.39 is 0 Å². The molecule has 2 rings (SSSR count). The van der Waals surface area contributed by atoms with Crippen molar-refractivity contribution in [2.45, 2.75) is 0 Å². The van der Waals surface area contributed by atoms with Crippen LogP contribution in [-0.4, -0.2) is 5.78 Å². The van der Waals surface area contributed by atoms with E-state index in [-0.39, 0.29) is 11.6 Å². The summed E-state index contributed by atoms with van der Waals surface area (Å²) in [6, 6.07) is 13.5. The molecule has 0 unspecified atom stereocenters. The van der Waals surface area contributed by atoms with Gasteiger partial charge in [0.25, 0.3) is 0 Å². The van der Waals surface area contributed by atoms with Gasteiger partial charge in [-0.25, -0.2) is 4.39 Å². The molecule has 0 aromatic heterocycles. The molecular weight excluding hydrogens is 342 g/mol. The quantitative estimate of drug-likeness (QED) is 0.457. The Labute approximate surface area is 118 Å². The molecule has 0 aliphatic carbocycles. The Bertz CT molecular complexity index is 605. The third-order valence-corrected chi connectivity index (χ3v) is 3.06. The van der Waals surface area contributed by atoms with Crippen LogP contribution in [0.2, 0.25) is 0 Å². The number of benzene rings is 2. The Morgan fingerprint density at radius 3 is 2.61 bits per heavy atom. The highest BCUT2D eigenvalue weighted by Crippen LogP contribution is 2.10.